The minimum Gasteiger partial charge on any atom is -0.463 e. The second-order valence-electron chi connectivity index (χ2n) is 4.06. The number of nitrogens with zero attached hydrogens (tertiary/aromatic N) is 4. The molecular weight excluding hydrogens is 248 g/mol. The first-order valence-corrected chi connectivity index (χ1v) is 5.42. The van der Waals surface area contributed by atoms with Gasteiger partial charge in [0.05, 0.1) is 37.0 Å². The maximum atomic E-state index is 10.5. The van der Waals surface area contributed by atoms with Crippen LogP contribution in [0.4, 0.5) is 0 Å². The fourth-order valence-corrected chi connectivity index (χ4v) is 1.95. The molecule has 7 nitrogen and oxygen atoms in total. The van der Waals surface area contributed by atoms with Gasteiger partial charge in [-0.1, -0.05) is 0 Å². The largest absolute Gasteiger partial charge is 0.463 e. The molecule has 0 aliphatic heterocycles. The summed E-state index contributed by atoms with van der Waals surface area (Å²) in [6.45, 7) is 1.24. The Morgan fingerprint density at radius 1 is 1.16 bits per heavy atom. The molecule has 1 aliphatic rings. The number of ether oxygens (including phenoxy) is 2. The predicted molar refractivity (Wildman–Crippen MR) is 58.3 cm³/mol. The van der Waals surface area contributed by atoms with Crippen LogP contribution < -0.4 is 0 Å². The maximum Gasteiger partial charge on any atom is 0.302 e. The molecule has 1 aliphatic carbocycles. The van der Waals surface area contributed by atoms with E-state index in [1.807, 2.05) is 0 Å². The smallest absolute Gasteiger partial charge is 0.302 e. The topological polar surface area (TPSA) is 131 Å². The van der Waals surface area contributed by atoms with E-state index in [0.29, 0.717) is 0 Å². The van der Waals surface area contributed by atoms with Gasteiger partial charge in [0.2, 0.25) is 5.41 Å². The van der Waals surface area contributed by atoms with Crippen LogP contribution >= 0.6 is 0 Å². The zero-order valence-electron chi connectivity index (χ0n) is 10.2. The van der Waals surface area contributed by atoms with E-state index in [-0.39, 0.29) is 19.6 Å². The molecule has 0 N–H and O–H groups in total. The molecule has 1 atom stereocenters. The highest BCUT2D eigenvalue weighted by atomic mass is 16.6. The first-order chi connectivity index (χ1) is 9.01. The summed E-state index contributed by atoms with van der Waals surface area (Å²) in [7, 11) is 0. The molecule has 0 spiro atoms. The lowest BCUT2D eigenvalue weighted by Gasteiger charge is -2.47. The summed E-state index contributed by atoms with van der Waals surface area (Å²) in [4.78, 5) is 10.5. The van der Waals surface area contributed by atoms with Gasteiger partial charge in [-0.05, 0) is 0 Å². The first kappa shape index (κ1) is 14.5. The van der Waals surface area contributed by atoms with Gasteiger partial charge < -0.3 is 9.47 Å². The highest BCUT2D eigenvalue weighted by Crippen LogP contribution is 2.56. The van der Waals surface area contributed by atoms with Crippen molar-refractivity contribution in [1.82, 2.24) is 0 Å². The summed E-state index contributed by atoms with van der Waals surface area (Å²) in [5, 5.41) is 36.2. The predicted octanol–water partition coefficient (Wildman–Crippen LogP) is 0.406. The molecule has 0 radical (unpaired) electrons. The molecule has 1 saturated carbocycles. The molecule has 1 rings (SSSR count). The Morgan fingerprint density at radius 2 is 1.74 bits per heavy atom. The molecule has 0 aromatic carbocycles. The summed E-state index contributed by atoms with van der Waals surface area (Å²) >= 11 is 0. The van der Waals surface area contributed by atoms with Gasteiger partial charge in [-0.3, -0.25) is 4.79 Å². The normalized spacial score (nSPS) is 21.6. The third kappa shape index (κ3) is 2.08. The lowest BCUT2D eigenvalue weighted by Crippen LogP contribution is -2.60. The van der Waals surface area contributed by atoms with Crippen molar-refractivity contribution in [2.45, 2.75) is 19.4 Å². The fraction of sp³-hybridized carbons (Fsp3) is 0.583. The van der Waals surface area contributed by atoms with E-state index in [2.05, 4.69) is 4.74 Å². The Morgan fingerprint density at radius 3 is 2.16 bits per heavy atom. The highest BCUT2D eigenvalue weighted by molar-refractivity contribution is 5.65. The Kier molecular flexibility index (Phi) is 4.07. The molecule has 0 bridgehead atoms. The average Bonchev–Trinajstić information content (AvgIpc) is 2.39. The lowest BCUT2D eigenvalue weighted by atomic mass is 9.50. The van der Waals surface area contributed by atoms with Crippen LogP contribution in [0.5, 0.6) is 0 Å². The van der Waals surface area contributed by atoms with Gasteiger partial charge in [-0.15, -0.1) is 0 Å². The molecule has 0 saturated heterocycles. The van der Waals surface area contributed by atoms with E-state index in [4.69, 9.17) is 25.8 Å². The Balaban J connectivity index is 2.73. The van der Waals surface area contributed by atoms with Gasteiger partial charge >= 0.3 is 5.97 Å². The quantitative estimate of drug-likeness (QED) is 0.526. The number of rotatable bonds is 4. The van der Waals surface area contributed by atoms with E-state index >= 15 is 0 Å². The Bertz CT molecular complexity index is 515. The average molecular weight is 258 g/mol. The van der Waals surface area contributed by atoms with Crippen molar-refractivity contribution < 1.29 is 14.3 Å². The van der Waals surface area contributed by atoms with Crippen LogP contribution in [0.15, 0.2) is 0 Å². The molecule has 7 heteroatoms. The molecule has 0 aromatic heterocycles. The third-order valence-electron chi connectivity index (χ3n) is 3.09. The van der Waals surface area contributed by atoms with Crippen LogP contribution in [0.3, 0.4) is 0 Å². The van der Waals surface area contributed by atoms with Gasteiger partial charge in [-0.2, -0.15) is 21.0 Å². The van der Waals surface area contributed by atoms with Crippen molar-refractivity contribution in [3.05, 3.63) is 0 Å². The van der Waals surface area contributed by atoms with Crippen LogP contribution in [-0.2, 0) is 14.3 Å². The number of carbonyl (C=O) groups is 1. The second-order valence-corrected chi connectivity index (χ2v) is 4.06. The standard InChI is InChI=1S/C12H10N4O3/c1-9(17)18-2-3-19-10-4-11(5-13,6-14)12(10,7-15)8-16/h10H,2-4H2,1H3. The number of carbonyl (C=O) groups excluding carboxylic acids is 1. The second kappa shape index (κ2) is 5.36. The summed E-state index contributed by atoms with van der Waals surface area (Å²) in [6, 6.07) is 6.89. The van der Waals surface area contributed by atoms with Gasteiger partial charge in [0.15, 0.2) is 5.41 Å². The van der Waals surface area contributed by atoms with Crippen LogP contribution in [0.2, 0.25) is 0 Å². The van der Waals surface area contributed by atoms with E-state index in [1.165, 1.54) is 6.92 Å². The number of hydrogen-bond donors (Lipinski definition) is 0. The van der Waals surface area contributed by atoms with Gasteiger partial charge in [0.25, 0.3) is 0 Å². The lowest BCUT2D eigenvalue weighted by molar-refractivity contribution is -0.149. The van der Waals surface area contributed by atoms with Gasteiger partial charge in [0.1, 0.15) is 6.61 Å². The van der Waals surface area contributed by atoms with Crippen LogP contribution in [0.25, 0.3) is 0 Å². The zero-order chi connectivity index (χ0) is 14.5. The van der Waals surface area contributed by atoms with Crippen molar-refractivity contribution in [2.24, 2.45) is 10.8 Å². The number of esters is 1. The van der Waals surface area contributed by atoms with Crippen LogP contribution in [0, 0.1) is 56.2 Å². The van der Waals surface area contributed by atoms with Crippen molar-refractivity contribution >= 4 is 5.97 Å². The number of nitriles is 4. The van der Waals surface area contributed by atoms with E-state index in [1.54, 1.807) is 24.3 Å². The van der Waals surface area contributed by atoms with Crippen molar-refractivity contribution in [1.29, 1.82) is 21.0 Å². The summed E-state index contributed by atoms with van der Waals surface area (Å²) < 4.78 is 9.90. The maximum absolute atomic E-state index is 10.5. The third-order valence-corrected chi connectivity index (χ3v) is 3.09. The zero-order valence-corrected chi connectivity index (χ0v) is 10.2. The molecule has 96 valence electrons. The summed E-state index contributed by atoms with van der Waals surface area (Å²) in [5.41, 5.74) is -3.46. The molecular formula is C12H10N4O3. The van der Waals surface area contributed by atoms with Crippen molar-refractivity contribution in [3.63, 3.8) is 0 Å². The molecule has 0 aromatic rings. The highest BCUT2D eigenvalue weighted by Gasteiger charge is 2.70. The monoisotopic (exact) mass is 258 g/mol. The van der Waals surface area contributed by atoms with Crippen LogP contribution in [0.1, 0.15) is 13.3 Å². The van der Waals surface area contributed by atoms with Gasteiger partial charge in [-0.25, -0.2) is 0 Å². The van der Waals surface area contributed by atoms with Crippen LogP contribution in [-0.4, -0.2) is 25.3 Å². The summed E-state index contributed by atoms with van der Waals surface area (Å²) in [5.74, 6) is -0.465. The van der Waals surface area contributed by atoms with Crippen molar-refractivity contribution in [2.75, 3.05) is 13.2 Å². The van der Waals surface area contributed by atoms with E-state index in [0.717, 1.165) is 0 Å². The molecule has 0 amide bonds. The first-order valence-electron chi connectivity index (χ1n) is 5.42. The SMILES string of the molecule is CC(=O)OCCOC1CC(C#N)(C#N)C1(C#N)C#N. The van der Waals surface area contributed by atoms with E-state index < -0.39 is 22.9 Å². The minimum atomic E-state index is -1.80. The minimum absolute atomic E-state index is 0.00228. The molecule has 0 heterocycles. The number of hydrogen-bond acceptors (Lipinski definition) is 7. The molecule has 1 unspecified atom stereocenters. The van der Waals surface area contributed by atoms with Crippen molar-refractivity contribution in [3.8, 4) is 24.3 Å². The van der Waals surface area contributed by atoms with Gasteiger partial charge in [0, 0.05) is 13.3 Å². The fourth-order valence-electron chi connectivity index (χ4n) is 1.95. The summed E-state index contributed by atoms with van der Waals surface area (Å²) in [6.07, 6.45) is -0.848. The molecule has 19 heavy (non-hydrogen) atoms. The van der Waals surface area contributed by atoms with E-state index in [9.17, 15) is 4.79 Å². The Hall–Kier alpha value is -2.61. The molecule has 1 fully saturated rings. The Labute approximate surface area is 110 Å².